The van der Waals surface area contributed by atoms with Crippen molar-refractivity contribution in [1.82, 2.24) is 4.90 Å². The molecule has 2 rings (SSSR count). The molecule has 1 aliphatic heterocycles. The van der Waals surface area contributed by atoms with Crippen LogP contribution in [-0.2, 0) is 4.79 Å². The fraction of sp³-hybridized carbons (Fsp3) is 0.941. The first kappa shape index (κ1) is 15.8. The number of carbonyl (C=O) groups is 1. The van der Waals surface area contributed by atoms with Crippen LogP contribution in [-0.4, -0.2) is 29.9 Å². The van der Waals surface area contributed by atoms with Gasteiger partial charge in [0.15, 0.2) is 0 Å². The third-order valence-electron chi connectivity index (χ3n) is 5.36. The Labute approximate surface area is 124 Å². The Balaban J connectivity index is 1.73. The van der Waals surface area contributed by atoms with Gasteiger partial charge in [0.25, 0.3) is 0 Å². The highest BCUT2D eigenvalue weighted by atomic mass is 16.2. The zero-order valence-electron chi connectivity index (χ0n) is 13.5. The van der Waals surface area contributed by atoms with Gasteiger partial charge in [-0.05, 0) is 42.9 Å². The Hall–Kier alpha value is -0.570. The number of likely N-dealkylation sites (tertiary alicyclic amines) is 1. The van der Waals surface area contributed by atoms with Gasteiger partial charge in [-0.1, -0.05) is 33.6 Å². The van der Waals surface area contributed by atoms with Crippen LogP contribution in [0.15, 0.2) is 0 Å². The molecule has 0 aromatic carbocycles. The maximum atomic E-state index is 12.3. The zero-order valence-corrected chi connectivity index (χ0v) is 13.5. The molecule has 1 amide bonds. The summed E-state index contributed by atoms with van der Waals surface area (Å²) in [5, 5.41) is 0. The van der Waals surface area contributed by atoms with Crippen molar-refractivity contribution in [2.45, 2.75) is 71.8 Å². The minimum absolute atomic E-state index is 0.325. The fourth-order valence-electron chi connectivity index (χ4n) is 3.77. The minimum Gasteiger partial charge on any atom is -0.342 e. The molecule has 1 saturated heterocycles. The largest absolute Gasteiger partial charge is 0.342 e. The van der Waals surface area contributed by atoms with Crippen molar-refractivity contribution in [2.75, 3.05) is 13.1 Å². The van der Waals surface area contributed by atoms with Crippen LogP contribution in [0.4, 0.5) is 0 Å². The predicted molar refractivity (Wildman–Crippen MR) is 83.3 cm³/mol. The standard InChI is InChI=1S/C17H32N2O/c1-17(2,3)14-9-10-19(12-14)16(20)8-7-13-5-4-6-15(18)11-13/h13-15H,4-12,18H2,1-3H3. The molecular formula is C17H32N2O. The second kappa shape index (κ2) is 6.46. The predicted octanol–water partition coefficient (Wildman–Crippen LogP) is 3.18. The molecule has 0 aromatic heterocycles. The van der Waals surface area contributed by atoms with Crippen LogP contribution < -0.4 is 5.73 Å². The van der Waals surface area contributed by atoms with Crippen LogP contribution in [0.3, 0.4) is 0 Å². The lowest BCUT2D eigenvalue weighted by atomic mass is 9.80. The molecule has 2 fully saturated rings. The summed E-state index contributed by atoms with van der Waals surface area (Å²) in [6, 6.07) is 0.376. The second-order valence-corrected chi connectivity index (χ2v) is 8.02. The van der Waals surface area contributed by atoms with E-state index < -0.39 is 0 Å². The van der Waals surface area contributed by atoms with Crippen LogP contribution in [0.1, 0.15) is 65.7 Å². The quantitative estimate of drug-likeness (QED) is 0.863. The van der Waals surface area contributed by atoms with Crippen LogP contribution in [0.25, 0.3) is 0 Å². The van der Waals surface area contributed by atoms with Crippen molar-refractivity contribution in [2.24, 2.45) is 23.0 Å². The highest BCUT2D eigenvalue weighted by Crippen LogP contribution is 2.34. The Bertz CT molecular complexity index is 334. The van der Waals surface area contributed by atoms with Gasteiger partial charge in [-0.2, -0.15) is 0 Å². The first-order valence-electron chi connectivity index (χ1n) is 8.39. The van der Waals surface area contributed by atoms with E-state index in [4.69, 9.17) is 5.73 Å². The molecule has 0 aromatic rings. The first-order valence-corrected chi connectivity index (χ1v) is 8.39. The van der Waals surface area contributed by atoms with Crippen LogP contribution in [0, 0.1) is 17.3 Å². The molecule has 0 bridgehead atoms. The third-order valence-corrected chi connectivity index (χ3v) is 5.36. The van der Waals surface area contributed by atoms with E-state index in [0.717, 1.165) is 32.4 Å². The van der Waals surface area contributed by atoms with Gasteiger partial charge in [-0.25, -0.2) is 0 Å². The molecule has 3 nitrogen and oxygen atoms in total. The second-order valence-electron chi connectivity index (χ2n) is 8.02. The smallest absolute Gasteiger partial charge is 0.222 e. The number of carbonyl (C=O) groups excluding carboxylic acids is 1. The number of rotatable bonds is 3. The molecular weight excluding hydrogens is 248 g/mol. The van der Waals surface area contributed by atoms with Gasteiger partial charge in [0, 0.05) is 25.6 Å². The van der Waals surface area contributed by atoms with Crippen molar-refractivity contribution in [1.29, 1.82) is 0 Å². The van der Waals surface area contributed by atoms with E-state index in [0.29, 0.717) is 29.2 Å². The highest BCUT2D eigenvalue weighted by Gasteiger charge is 2.33. The average molecular weight is 280 g/mol. The van der Waals surface area contributed by atoms with Crippen molar-refractivity contribution in [3.05, 3.63) is 0 Å². The van der Waals surface area contributed by atoms with Gasteiger partial charge < -0.3 is 10.6 Å². The number of hydrogen-bond acceptors (Lipinski definition) is 2. The summed E-state index contributed by atoms with van der Waals surface area (Å²) in [7, 11) is 0. The molecule has 116 valence electrons. The Morgan fingerprint density at radius 3 is 2.60 bits per heavy atom. The third kappa shape index (κ3) is 4.21. The maximum Gasteiger partial charge on any atom is 0.222 e. The first-order chi connectivity index (χ1) is 9.36. The summed E-state index contributed by atoms with van der Waals surface area (Å²) < 4.78 is 0. The van der Waals surface area contributed by atoms with Gasteiger partial charge in [0.05, 0.1) is 0 Å². The lowest BCUT2D eigenvalue weighted by Crippen LogP contribution is -2.32. The molecule has 2 N–H and O–H groups in total. The molecule has 1 aliphatic carbocycles. The summed E-state index contributed by atoms with van der Waals surface area (Å²) in [6.45, 7) is 8.79. The van der Waals surface area contributed by atoms with Crippen molar-refractivity contribution < 1.29 is 4.79 Å². The van der Waals surface area contributed by atoms with E-state index in [9.17, 15) is 4.79 Å². The van der Waals surface area contributed by atoms with Crippen LogP contribution >= 0.6 is 0 Å². The Morgan fingerprint density at radius 1 is 1.25 bits per heavy atom. The lowest BCUT2D eigenvalue weighted by Gasteiger charge is -2.28. The van der Waals surface area contributed by atoms with Crippen molar-refractivity contribution >= 4 is 5.91 Å². The molecule has 3 unspecified atom stereocenters. The fourth-order valence-corrected chi connectivity index (χ4v) is 3.77. The van der Waals surface area contributed by atoms with Gasteiger partial charge >= 0.3 is 0 Å². The van der Waals surface area contributed by atoms with E-state index >= 15 is 0 Å². The molecule has 1 saturated carbocycles. The summed E-state index contributed by atoms with van der Waals surface area (Å²) in [5.74, 6) is 1.72. The molecule has 3 atom stereocenters. The summed E-state index contributed by atoms with van der Waals surface area (Å²) in [6.07, 6.45) is 7.75. The van der Waals surface area contributed by atoms with Crippen LogP contribution in [0.2, 0.25) is 0 Å². The number of hydrogen-bond donors (Lipinski definition) is 1. The molecule has 3 heteroatoms. The summed E-state index contributed by atoms with van der Waals surface area (Å²) >= 11 is 0. The van der Waals surface area contributed by atoms with E-state index in [1.165, 1.54) is 25.7 Å². The molecule has 20 heavy (non-hydrogen) atoms. The monoisotopic (exact) mass is 280 g/mol. The average Bonchev–Trinajstić information content (AvgIpc) is 2.85. The Kier molecular flexibility index (Phi) is 5.11. The van der Waals surface area contributed by atoms with Crippen LogP contribution in [0.5, 0.6) is 0 Å². The molecule has 2 aliphatic rings. The SMILES string of the molecule is CC(C)(C)C1CCN(C(=O)CCC2CCCC(N)C2)C1. The summed E-state index contributed by atoms with van der Waals surface area (Å²) in [5.41, 5.74) is 6.35. The van der Waals surface area contributed by atoms with E-state index in [2.05, 4.69) is 25.7 Å². The van der Waals surface area contributed by atoms with E-state index in [-0.39, 0.29) is 0 Å². The van der Waals surface area contributed by atoms with Gasteiger partial charge in [0.1, 0.15) is 0 Å². The number of nitrogens with zero attached hydrogens (tertiary/aromatic N) is 1. The van der Waals surface area contributed by atoms with Gasteiger partial charge in [0.2, 0.25) is 5.91 Å². The minimum atomic E-state index is 0.325. The maximum absolute atomic E-state index is 12.3. The normalized spacial score (nSPS) is 31.6. The number of nitrogens with two attached hydrogens (primary N) is 1. The molecule has 0 radical (unpaired) electrons. The summed E-state index contributed by atoms with van der Waals surface area (Å²) in [4.78, 5) is 14.4. The van der Waals surface area contributed by atoms with E-state index in [1.54, 1.807) is 0 Å². The van der Waals surface area contributed by atoms with E-state index in [1.807, 2.05) is 0 Å². The highest BCUT2D eigenvalue weighted by molar-refractivity contribution is 5.76. The number of amides is 1. The molecule has 1 heterocycles. The zero-order chi connectivity index (χ0) is 14.8. The lowest BCUT2D eigenvalue weighted by molar-refractivity contribution is -0.130. The van der Waals surface area contributed by atoms with Crippen molar-refractivity contribution in [3.63, 3.8) is 0 Å². The Morgan fingerprint density at radius 2 is 2.00 bits per heavy atom. The topological polar surface area (TPSA) is 46.3 Å². The van der Waals surface area contributed by atoms with Gasteiger partial charge in [-0.15, -0.1) is 0 Å². The van der Waals surface area contributed by atoms with Crippen molar-refractivity contribution in [3.8, 4) is 0 Å². The van der Waals surface area contributed by atoms with Gasteiger partial charge in [-0.3, -0.25) is 4.79 Å². The molecule has 0 spiro atoms.